The van der Waals surface area contributed by atoms with Gasteiger partial charge in [-0.1, -0.05) is 85.2 Å². The summed E-state index contributed by atoms with van der Waals surface area (Å²) in [5.74, 6) is -2.44. The number of amides is 5. The van der Waals surface area contributed by atoms with Crippen molar-refractivity contribution in [3.63, 3.8) is 0 Å². The van der Waals surface area contributed by atoms with Crippen molar-refractivity contribution in [1.29, 1.82) is 0 Å². The zero-order valence-corrected chi connectivity index (χ0v) is 36.9. The monoisotopic (exact) mass is 813 g/mol. The van der Waals surface area contributed by atoms with Gasteiger partial charge < -0.3 is 25.0 Å². The molecule has 3 aliphatic rings. The molecular weight excluding hydrogens is 741 g/mol. The number of likely N-dealkylation sites (tertiary alicyclic amines) is 1. The summed E-state index contributed by atoms with van der Waals surface area (Å²) in [5, 5.41) is 10.2. The fourth-order valence-corrected chi connectivity index (χ4v) is 9.47. The number of nitrogens with one attached hydrogen (secondary N) is 3. The van der Waals surface area contributed by atoms with Crippen LogP contribution in [0.25, 0.3) is 0 Å². The second-order valence-corrected chi connectivity index (χ2v) is 17.4. The Morgan fingerprint density at radius 3 is 2.16 bits per heavy atom. The summed E-state index contributed by atoms with van der Waals surface area (Å²) >= 11 is 0. The van der Waals surface area contributed by atoms with Crippen molar-refractivity contribution < 1.29 is 38.3 Å². The SMILES string of the molecule is CC[C@H](C)[C@@H]([C@@H](CC(=O)N1CCC[C@H]1[C@H](OC)[C@H](C)C(=O)N[C@@]1(C(=O)N2CCCCO2)C[C@@H]1c1ccccc1)OC)N(C)[C@H](C(=O)NC(=O)[C@@H](NC)C(C)C)C(C)C. The molecule has 1 saturated carbocycles. The van der Waals surface area contributed by atoms with E-state index in [1.165, 1.54) is 5.06 Å². The molecule has 0 spiro atoms. The number of rotatable bonds is 20. The van der Waals surface area contributed by atoms with E-state index < -0.39 is 35.7 Å². The van der Waals surface area contributed by atoms with Crippen LogP contribution in [0.1, 0.15) is 105 Å². The van der Waals surface area contributed by atoms with Crippen LogP contribution in [0.3, 0.4) is 0 Å². The van der Waals surface area contributed by atoms with Crippen LogP contribution in [0.2, 0.25) is 0 Å². The maximum absolute atomic E-state index is 14.4. The lowest BCUT2D eigenvalue weighted by Crippen LogP contribution is -2.60. The highest BCUT2D eigenvalue weighted by Crippen LogP contribution is 2.53. The van der Waals surface area contributed by atoms with E-state index in [2.05, 4.69) is 29.8 Å². The lowest BCUT2D eigenvalue weighted by atomic mass is 9.87. The van der Waals surface area contributed by atoms with Crippen LogP contribution < -0.4 is 16.0 Å². The Bertz CT molecular complexity index is 1540. The highest BCUT2D eigenvalue weighted by molar-refractivity contribution is 6.00. The summed E-state index contributed by atoms with van der Waals surface area (Å²) in [6.45, 7) is 15.1. The maximum Gasteiger partial charge on any atom is 0.272 e. The van der Waals surface area contributed by atoms with Crippen LogP contribution in [-0.2, 0) is 38.3 Å². The van der Waals surface area contributed by atoms with E-state index in [0.29, 0.717) is 32.5 Å². The third-order valence-corrected chi connectivity index (χ3v) is 12.9. The topological polar surface area (TPSA) is 159 Å². The van der Waals surface area contributed by atoms with Crippen molar-refractivity contribution in [1.82, 2.24) is 30.8 Å². The molecule has 2 saturated heterocycles. The van der Waals surface area contributed by atoms with Crippen LogP contribution in [0, 0.1) is 23.7 Å². The summed E-state index contributed by atoms with van der Waals surface area (Å²) < 4.78 is 12.2. The average molecular weight is 813 g/mol. The molecule has 1 aromatic carbocycles. The molecule has 0 radical (unpaired) electrons. The lowest BCUT2D eigenvalue weighted by molar-refractivity contribution is -0.200. The van der Waals surface area contributed by atoms with E-state index in [1.54, 1.807) is 28.2 Å². The minimum Gasteiger partial charge on any atom is -0.379 e. The number of carbonyl (C=O) groups excluding carboxylic acids is 5. The molecule has 14 heteroatoms. The number of nitrogens with zero attached hydrogens (tertiary/aromatic N) is 3. The van der Waals surface area contributed by atoms with Crippen LogP contribution in [-0.4, -0.2) is 134 Å². The van der Waals surface area contributed by atoms with Gasteiger partial charge >= 0.3 is 0 Å². The summed E-state index contributed by atoms with van der Waals surface area (Å²) in [7, 11) is 6.73. The van der Waals surface area contributed by atoms with Gasteiger partial charge in [-0.25, -0.2) is 5.06 Å². The maximum atomic E-state index is 14.4. The van der Waals surface area contributed by atoms with Gasteiger partial charge in [-0.2, -0.15) is 0 Å². The molecule has 4 rings (SSSR count). The third-order valence-electron chi connectivity index (χ3n) is 12.9. The van der Waals surface area contributed by atoms with Crippen LogP contribution in [0.5, 0.6) is 0 Å². The summed E-state index contributed by atoms with van der Waals surface area (Å²) in [5.41, 5.74) is -0.148. The molecular formula is C44H72N6O8. The summed E-state index contributed by atoms with van der Waals surface area (Å²) in [6, 6.07) is 7.86. The van der Waals surface area contributed by atoms with E-state index in [9.17, 15) is 24.0 Å². The smallest absolute Gasteiger partial charge is 0.272 e. The first kappa shape index (κ1) is 47.3. The van der Waals surface area contributed by atoms with Gasteiger partial charge in [0.2, 0.25) is 23.6 Å². The van der Waals surface area contributed by atoms with Crippen molar-refractivity contribution in [2.45, 2.75) is 141 Å². The Morgan fingerprint density at radius 2 is 1.60 bits per heavy atom. The molecule has 58 heavy (non-hydrogen) atoms. The van der Waals surface area contributed by atoms with Gasteiger partial charge in [0.1, 0.15) is 5.54 Å². The molecule has 10 atom stereocenters. The summed E-state index contributed by atoms with van der Waals surface area (Å²) in [4.78, 5) is 79.2. The largest absolute Gasteiger partial charge is 0.379 e. The zero-order valence-electron chi connectivity index (χ0n) is 36.9. The molecule has 0 bridgehead atoms. The van der Waals surface area contributed by atoms with Gasteiger partial charge in [0.05, 0.1) is 49.3 Å². The van der Waals surface area contributed by atoms with E-state index >= 15 is 0 Å². The molecule has 14 nitrogen and oxygen atoms in total. The number of ether oxygens (including phenoxy) is 2. The Hall–Kier alpha value is -3.43. The predicted molar refractivity (Wildman–Crippen MR) is 222 cm³/mol. The van der Waals surface area contributed by atoms with Gasteiger partial charge in [-0.3, -0.25) is 39.0 Å². The molecule has 0 unspecified atom stereocenters. The van der Waals surface area contributed by atoms with Crippen LogP contribution in [0.15, 0.2) is 30.3 Å². The first-order valence-corrected chi connectivity index (χ1v) is 21.5. The standard InChI is InChI=1S/C44H72N6O8/c1-12-29(6)38(48(9)37(28(4)5)42(54)46-41(53)36(45-8)27(2)3)34(56-10)25-35(51)49-22-18-21-33(49)39(57-11)30(7)40(52)47-44(43(55)50-23-16-17-24-58-50)26-32(44)31-19-14-13-15-20-31/h13-15,19-20,27-30,32-34,36-39,45H,12,16-18,21-26H2,1-11H3,(H,47,52)(H,46,53,54)/t29-,30-,32+,33-,34+,36-,37-,38-,39+,44-/m0/s1. The average Bonchev–Trinajstić information content (AvgIpc) is 3.72. The quantitative estimate of drug-likeness (QED) is 0.177. The zero-order chi connectivity index (χ0) is 42.9. The Labute approximate surface area is 346 Å². The van der Waals surface area contributed by atoms with Crippen molar-refractivity contribution in [3.05, 3.63) is 35.9 Å². The Kier molecular flexibility index (Phi) is 17.3. The molecule has 3 fully saturated rings. The number of carbonyl (C=O) groups is 5. The molecule has 326 valence electrons. The molecule has 1 aromatic rings. The lowest BCUT2D eigenvalue weighted by Gasteiger charge is -2.43. The van der Waals surface area contributed by atoms with Crippen LogP contribution in [0.4, 0.5) is 0 Å². The Morgan fingerprint density at radius 1 is 0.914 bits per heavy atom. The molecule has 2 aliphatic heterocycles. The fourth-order valence-electron chi connectivity index (χ4n) is 9.47. The fraction of sp³-hybridized carbons (Fsp3) is 0.750. The number of methoxy groups -OCH3 is 2. The van der Waals surface area contributed by atoms with E-state index in [0.717, 1.165) is 31.2 Å². The highest BCUT2D eigenvalue weighted by atomic mass is 16.7. The van der Waals surface area contributed by atoms with E-state index in [4.69, 9.17) is 14.3 Å². The van der Waals surface area contributed by atoms with Crippen molar-refractivity contribution >= 4 is 29.5 Å². The Balaban J connectivity index is 1.51. The predicted octanol–water partition coefficient (Wildman–Crippen LogP) is 3.89. The second kappa shape index (κ2) is 21.2. The van der Waals surface area contributed by atoms with Gasteiger partial charge in [-0.05, 0) is 69.5 Å². The number of benzene rings is 1. The number of hydroxylamine groups is 2. The number of likely N-dealkylation sites (N-methyl/N-ethyl adjacent to an activating group) is 2. The van der Waals surface area contributed by atoms with Gasteiger partial charge in [0, 0.05) is 39.3 Å². The normalized spacial score (nSPS) is 24.5. The molecule has 2 heterocycles. The number of hydrogen-bond donors (Lipinski definition) is 3. The minimum absolute atomic E-state index is 0.0140. The first-order chi connectivity index (χ1) is 27.6. The molecule has 1 aliphatic carbocycles. The third kappa shape index (κ3) is 10.7. The first-order valence-electron chi connectivity index (χ1n) is 21.5. The van der Waals surface area contributed by atoms with Crippen molar-refractivity contribution in [3.8, 4) is 0 Å². The number of imide groups is 1. The molecule has 0 aromatic heterocycles. The van der Waals surface area contributed by atoms with E-state index in [1.807, 2.05) is 74.9 Å². The molecule has 3 N–H and O–H groups in total. The van der Waals surface area contributed by atoms with Crippen molar-refractivity contribution in [2.75, 3.05) is 48.0 Å². The molecule has 5 amide bonds. The number of hydrogen-bond acceptors (Lipinski definition) is 10. The highest BCUT2D eigenvalue weighted by Gasteiger charge is 2.64. The van der Waals surface area contributed by atoms with Gasteiger partial charge in [-0.15, -0.1) is 0 Å². The van der Waals surface area contributed by atoms with Gasteiger partial charge in [0.15, 0.2) is 0 Å². The summed E-state index contributed by atoms with van der Waals surface area (Å²) in [6.07, 6.45) is 3.19. The van der Waals surface area contributed by atoms with Crippen molar-refractivity contribution in [2.24, 2.45) is 23.7 Å². The van der Waals surface area contributed by atoms with Gasteiger partial charge in [0.25, 0.3) is 5.91 Å². The van der Waals surface area contributed by atoms with Crippen LogP contribution >= 0.6 is 0 Å². The van der Waals surface area contributed by atoms with E-state index in [-0.39, 0.29) is 71.7 Å². The minimum atomic E-state index is -1.13. The second-order valence-electron chi connectivity index (χ2n) is 17.4.